The van der Waals surface area contributed by atoms with Gasteiger partial charge in [-0.2, -0.15) is 0 Å². The maximum absolute atomic E-state index is 13.8. The van der Waals surface area contributed by atoms with E-state index in [0.717, 1.165) is 11.1 Å². The molecule has 1 unspecified atom stereocenters. The minimum atomic E-state index is -0.522. The van der Waals surface area contributed by atoms with Gasteiger partial charge in [0.2, 0.25) is 11.8 Å². The van der Waals surface area contributed by atoms with Gasteiger partial charge in [0.25, 0.3) is 0 Å². The standard InChI is InChI=1S/C23H28FN3O2/c1-26(2)23(29)21-13-17-8-3-4-9-18(17)15-27(21)22(28)14-19(25)12-11-16-7-5-6-10-20(16)24/h3-10,19,21H,11-15,25H2,1-2H3/t19?,21-/m0/s1. The first kappa shape index (κ1) is 21.0. The Morgan fingerprint density at radius 1 is 1.14 bits per heavy atom. The largest absolute Gasteiger partial charge is 0.347 e. The Morgan fingerprint density at radius 2 is 1.79 bits per heavy atom. The third-order valence-corrected chi connectivity index (χ3v) is 5.47. The molecule has 0 spiro atoms. The van der Waals surface area contributed by atoms with Crippen LogP contribution in [0.15, 0.2) is 48.5 Å². The van der Waals surface area contributed by atoms with Crippen molar-refractivity contribution < 1.29 is 14.0 Å². The summed E-state index contributed by atoms with van der Waals surface area (Å²) in [5.41, 5.74) is 8.95. The van der Waals surface area contributed by atoms with Gasteiger partial charge < -0.3 is 15.5 Å². The molecular weight excluding hydrogens is 369 g/mol. The molecule has 0 saturated heterocycles. The number of hydrogen-bond donors (Lipinski definition) is 1. The quantitative estimate of drug-likeness (QED) is 0.815. The molecule has 0 radical (unpaired) electrons. The van der Waals surface area contributed by atoms with E-state index in [9.17, 15) is 14.0 Å². The number of benzene rings is 2. The first-order chi connectivity index (χ1) is 13.9. The van der Waals surface area contributed by atoms with Gasteiger partial charge in [0.05, 0.1) is 0 Å². The van der Waals surface area contributed by atoms with Crippen LogP contribution in [0.3, 0.4) is 0 Å². The second kappa shape index (κ2) is 9.18. The fraction of sp³-hybridized carbons (Fsp3) is 0.391. The van der Waals surface area contributed by atoms with Gasteiger partial charge in [-0.15, -0.1) is 0 Å². The van der Waals surface area contributed by atoms with Crippen LogP contribution in [-0.2, 0) is 29.0 Å². The summed E-state index contributed by atoms with van der Waals surface area (Å²) in [5, 5.41) is 0. The number of carbonyl (C=O) groups excluding carboxylic acids is 2. The Kier molecular flexibility index (Phi) is 6.64. The predicted molar refractivity (Wildman–Crippen MR) is 110 cm³/mol. The maximum Gasteiger partial charge on any atom is 0.245 e. The molecular formula is C23H28FN3O2. The highest BCUT2D eigenvalue weighted by Crippen LogP contribution is 2.25. The number of fused-ring (bicyclic) bond motifs is 1. The van der Waals surface area contributed by atoms with Crippen LogP contribution in [-0.4, -0.2) is 47.8 Å². The molecule has 1 heterocycles. The zero-order chi connectivity index (χ0) is 21.0. The van der Waals surface area contributed by atoms with Crippen molar-refractivity contribution in [3.05, 3.63) is 71.0 Å². The second-order valence-corrected chi connectivity index (χ2v) is 7.84. The van der Waals surface area contributed by atoms with Crippen LogP contribution in [0.1, 0.15) is 29.5 Å². The first-order valence-electron chi connectivity index (χ1n) is 9.93. The van der Waals surface area contributed by atoms with Crippen molar-refractivity contribution in [2.75, 3.05) is 14.1 Å². The zero-order valence-electron chi connectivity index (χ0n) is 17.0. The van der Waals surface area contributed by atoms with Gasteiger partial charge in [-0.25, -0.2) is 4.39 Å². The summed E-state index contributed by atoms with van der Waals surface area (Å²) >= 11 is 0. The van der Waals surface area contributed by atoms with E-state index in [1.165, 1.54) is 11.0 Å². The highest BCUT2D eigenvalue weighted by molar-refractivity contribution is 5.88. The number of halogens is 1. The smallest absolute Gasteiger partial charge is 0.245 e. The van der Waals surface area contributed by atoms with Crippen molar-refractivity contribution in [1.82, 2.24) is 9.80 Å². The topological polar surface area (TPSA) is 66.6 Å². The molecule has 0 bridgehead atoms. The Bertz CT molecular complexity index is 884. The van der Waals surface area contributed by atoms with E-state index in [1.807, 2.05) is 24.3 Å². The van der Waals surface area contributed by atoms with Crippen molar-refractivity contribution >= 4 is 11.8 Å². The lowest BCUT2D eigenvalue weighted by Gasteiger charge is -2.37. The highest BCUT2D eigenvalue weighted by atomic mass is 19.1. The van der Waals surface area contributed by atoms with Crippen LogP contribution in [0.5, 0.6) is 0 Å². The fourth-order valence-corrected chi connectivity index (χ4v) is 3.79. The molecule has 1 aliphatic rings. The summed E-state index contributed by atoms with van der Waals surface area (Å²) in [6.45, 7) is 0.402. The summed E-state index contributed by atoms with van der Waals surface area (Å²) in [5.74, 6) is -0.483. The SMILES string of the molecule is CN(C)C(=O)[C@@H]1Cc2ccccc2CN1C(=O)CC(N)CCc1ccccc1F. The Hall–Kier alpha value is -2.73. The lowest BCUT2D eigenvalue weighted by molar-refractivity contribution is -0.145. The first-order valence-corrected chi connectivity index (χ1v) is 9.93. The highest BCUT2D eigenvalue weighted by Gasteiger charge is 2.35. The maximum atomic E-state index is 13.8. The number of carbonyl (C=O) groups is 2. The average molecular weight is 397 g/mol. The molecule has 29 heavy (non-hydrogen) atoms. The Morgan fingerprint density at radius 3 is 2.48 bits per heavy atom. The summed E-state index contributed by atoms with van der Waals surface area (Å²) in [6.07, 6.45) is 1.62. The number of hydrogen-bond acceptors (Lipinski definition) is 3. The predicted octanol–water partition coefficient (Wildman–Crippen LogP) is 2.52. The third kappa shape index (κ3) is 5.01. The van der Waals surface area contributed by atoms with E-state index < -0.39 is 12.1 Å². The number of nitrogens with zero attached hydrogens (tertiary/aromatic N) is 2. The van der Waals surface area contributed by atoms with Crippen LogP contribution in [0.2, 0.25) is 0 Å². The van der Waals surface area contributed by atoms with Crippen molar-refractivity contribution in [3.8, 4) is 0 Å². The molecule has 2 aromatic rings. The van der Waals surface area contributed by atoms with E-state index in [2.05, 4.69) is 0 Å². The summed E-state index contributed by atoms with van der Waals surface area (Å²) in [4.78, 5) is 28.9. The molecule has 1 aliphatic heterocycles. The van der Waals surface area contributed by atoms with Crippen molar-refractivity contribution in [2.45, 2.75) is 44.3 Å². The van der Waals surface area contributed by atoms with E-state index >= 15 is 0 Å². The number of nitrogens with two attached hydrogens (primary N) is 1. The van der Waals surface area contributed by atoms with Gasteiger partial charge in [-0.05, 0) is 35.6 Å². The molecule has 2 N–H and O–H groups in total. The fourth-order valence-electron chi connectivity index (χ4n) is 3.79. The van der Waals surface area contributed by atoms with E-state index in [0.29, 0.717) is 31.4 Å². The molecule has 2 atom stereocenters. The van der Waals surface area contributed by atoms with Crippen LogP contribution < -0.4 is 5.73 Å². The van der Waals surface area contributed by atoms with E-state index in [4.69, 9.17) is 5.73 Å². The molecule has 0 aliphatic carbocycles. The van der Waals surface area contributed by atoms with Gasteiger partial charge >= 0.3 is 0 Å². The minimum absolute atomic E-state index is 0.0900. The van der Waals surface area contributed by atoms with Crippen molar-refractivity contribution in [1.29, 1.82) is 0 Å². The molecule has 0 aromatic heterocycles. The number of rotatable bonds is 6. The number of likely N-dealkylation sites (N-methyl/N-ethyl adjacent to an activating group) is 1. The van der Waals surface area contributed by atoms with Crippen molar-refractivity contribution in [2.24, 2.45) is 5.73 Å². The summed E-state index contributed by atoms with van der Waals surface area (Å²) in [7, 11) is 3.40. The monoisotopic (exact) mass is 397 g/mol. The van der Waals surface area contributed by atoms with E-state index in [1.54, 1.807) is 37.2 Å². The third-order valence-electron chi connectivity index (χ3n) is 5.47. The second-order valence-electron chi connectivity index (χ2n) is 7.84. The van der Waals surface area contributed by atoms with Crippen molar-refractivity contribution in [3.63, 3.8) is 0 Å². The molecule has 6 heteroatoms. The molecule has 0 saturated carbocycles. The molecule has 0 fully saturated rings. The van der Waals surface area contributed by atoms with Gasteiger partial charge in [0.15, 0.2) is 0 Å². The zero-order valence-corrected chi connectivity index (χ0v) is 17.0. The van der Waals surface area contributed by atoms with Crippen LogP contribution in [0, 0.1) is 5.82 Å². The normalized spacial score (nSPS) is 16.8. The van der Waals surface area contributed by atoms with Crippen LogP contribution in [0.4, 0.5) is 4.39 Å². The summed E-state index contributed by atoms with van der Waals surface area (Å²) < 4.78 is 13.8. The van der Waals surface area contributed by atoms with Gasteiger partial charge in [-0.3, -0.25) is 9.59 Å². The van der Waals surface area contributed by atoms with Gasteiger partial charge in [-0.1, -0.05) is 42.5 Å². The minimum Gasteiger partial charge on any atom is -0.347 e. The number of aryl methyl sites for hydroxylation is 1. The Balaban J connectivity index is 1.68. The molecule has 3 rings (SSSR count). The Labute approximate surface area is 171 Å². The molecule has 5 nitrogen and oxygen atoms in total. The molecule has 154 valence electrons. The lowest BCUT2D eigenvalue weighted by Crippen LogP contribution is -2.53. The van der Waals surface area contributed by atoms with Crippen LogP contribution in [0.25, 0.3) is 0 Å². The summed E-state index contributed by atoms with van der Waals surface area (Å²) in [6, 6.07) is 13.6. The molecule has 2 amide bonds. The molecule has 2 aromatic carbocycles. The average Bonchev–Trinajstić information content (AvgIpc) is 2.71. The number of amides is 2. The van der Waals surface area contributed by atoms with Crippen LogP contribution >= 0.6 is 0 Å². The van der Waals surface area contributed by atoms with Gasteiger partial charge in [0.1, 0.15) is 11.9 Å². The lowest BCUT2D eigenvalue weighted by atomic mass is 9.92. The van der Waals surface area contributed by atoms with E-state index in [-0.39, 0.29) is 24.1 Å². The van der Waals surface area contributed by atoms with Gasteiger partial charge in [0, 0.05) is 39.5 Å².